The van der Waals surface area contributed by atoms with Crippen molar-refractivity contribution in [2.45, 2.75) is 26.1 Å². The molecule has 0 aliphatic rings. The van der Waals surface area contributed by atoms with E-state index in [1.165, 1.54) is 26.0 Å². The zero-order chi connectivity index (χ0) is 11.1. The van der Waals surface area contributed by atoms with Crippen molar-refractivity contribution in [2.75, 3.05) is 0 Å². The molecule has 0 radical (unpaired) electrons. The van der Waals surface area contributed by atoms with E-state index in [1.54, 1.807) is 0 Å². The van der Waals surface area contributed by atoms with Gasteiger partial charge < -0.3 is 9.47 Å². The summed E-state index contributed by atoms with van der Waals surface area (Å²) in [5.41, 5.74) is 0. The average Bonchev–Trinajstić information content (AvgIpc) is 2.10. The van der Waals surface area contributed by atoms with E-state index in [4.69, 9.17) is 9.47 Å². The topological polar surface area (TPSA) is 52.6 Å². The fraction of sp³-hybridized carbons (Fsp3) is 0.400. The van der Waals surface area contributed by atoms with Gasteiger partial charge in [-0.25, -0.2) is 0 Å². The van der Waals surface area contributed by atoms with Gasteiger partial charge in [-0.05, 0) is 12.2 Å². The first kappa shape index (κ1) is 12.4. The van der Waals surface area contributed by atoms with Gasteiger partial charge in [-0.1, -0.05) is 13.2 Å². The second kappa shape index (κ2) is 5.96. The van der Waals surface area contributed by atoms with Crippen molar-refractivity contribution in [1.82, 2.24) is 0 Å². The van der Waals surface area contributed by atoms with Crippen molar-refractivity contribution in [3.8, 4) is 0 Å². The summed E-state index contributed by atoms with van der Waals surface area (Å²) in [6, 6.07) is 0. The molecule has 78 valence electrons. The summed E-state index contributed by atoms with van der Waals surface area (Å²) in [6.45, 7) is 9.48. The monoisotopic (exact) mass is 198 g/mol. The molecule has 2 atom stereocenters. The predicted octanol–water partition coefficient (Wildman–Crippen LogP) is 1.22. The Morgan fingerprint density at radius 3 is 1.43 bits per heavy atom. The SMILES string of the molecule is C=C[C@H](OC(C)=O)[C@@H](C=C)OC(C)=O. The summed E-state index contributed by atoms with van der Waals surface area (Å²) in [6.07, 6.45) is 1.40. The lowest BCUT2D eigenvalue weighted by Crippen LogP contribution is -2.31. The highest BCUT2D eigenvalue weighted by Gasteiger charge is 2.20. The second-order valence-electron chi connectivity index (χ2n) is 2.62. The average molecular weight is 198 g/mol. The van der Waals surface area contributed by atoms with E-state index in [0.29, 0.717) is 0 Å². The molecule has 0 unspecified atom stereocenters. The second-order valence-corrected chi connectivity index (χ2v) is 2.62. The largest absolute Gasteiger partial charge is 0.454 e. The van der Waals surface area contributed by atoms with Gasteiger partial charge in [0.05, 0.1) is 0 Å². The first-order chi connectivity index (χ1) is 6.51. The first-order valence-corrected chi connectivity index (χ1v) is 4.10. The number of esters is 2. The maximum Gasteiger partial charge on any atom is 0.303 e. The first-order valence-electron chi connectivity index (χ1n) is 4.10. The maximum atomic E-state index is 10.7. The molecule has 0 aliphatic carbocycles. The summed E-state index contributed by atoms with van der Waals surface area (Å²) in [4.78, 5) is 21.3. The van der Waals surface area contributed by atoms with Gasteiger partial charge in [0.25, 0.3) is 0 Å². The van der Waals surface area contributed by atoms with Crippen molar-refractivity contribution in [3.63, 3.8) is 0 Å². The van der Waals surface area contributed by atoms with Crippen LogP contribution in [0, 0.1) is 0 Å². The molecule has 0 amide bonds. The molecule has 0 aromatic carbocycles. The van der Waals surface area contributed by atoms with Crippen LogP contribution in [0.4, 0.5) is 0 Å². The van der Waals surface area contributed by atoms with Crippen molar-refractivity contribution in [3.05, 3.63) is 25.3 Å². The van der Waals surface area contributed by atoms with Crippen molar-refractivity contribution < 1.29 is 19.1 Å². The quantitative estimate of drug-likeness (QED) is 0.492. The van der Waals surface area contributed by atoms with Crippen LogP contribution in [0.1, 0.15) is 13.8 Å². The number of ether oxygens (including phenoxy) is 2. The number of rotatable bonds is 5. The summed E-state index contributed by atoms with van der Waals surface area (Å²) >= 11 is 0. The van der Waals surface area contributed by atoms with Crippen LogP contribution < -0.4 is 0 Å². The zero-order valence-corrected chi connectivity index (χ0v) is 8.36. The van der Waals surface area contributed by atoms with Gasteiger partial charge in [-0.2, -0.15) is 0 Å². The van der Waals surface area contributed by atoms with Crippen molar-refractivity contribution in [1.29, 1.82) is 0 Å². The van der Waals surface area contributed by atoms with E-state index in [0.717, 1.165) is 0 Å². The Bertz CT molecular complexity index is 219. The lowest BCUT2D eigenvalue weighted by molar-refractivity contribution is -0.158. The van der Waals surface area contributed by atoms with E-state index < -0.39 is 24.1 Å². The van der Waals surface area contributed by atoms with Gasteiger partial charge in [0.1, 0.15) is 0 Å². The van der Waals surface area contributed by atoms with Crippen LogP contribution in [0.15, 0.2) is 25.3 Å². The number of hydrogen-bond acceptors (Lipinski definition) is 4. The minimum absolute atomic E-state index is 0.464. The fourth-order valence-corrected chi connectivity index (χ4v) is 0.882. The molecular weight excluding hydrogens is 184 g/mol. The van der Waals surface area contributed by atoms with Crippen molar-refractivity contribution in [2.24, 2.45) is 0 Å². The summed E-state index contributed by atoms with van der Waals surface area (Å²) in [7, 11) is 0. The molecule has 0 aromatic rings. The molecule has 0 rings (SSSR count). The van der Waals surface area contributed by atoms with Gasteiger partial charge >= 0.3 is 11.9 Å². The molecule has 0 saturated carbocycles. The van der Waals surface area contributed by atoms with Crippen LogP contribution in [-0.4, -0.2) is 24.1 Å². The summed E-state index contributed by atoms with van der Waals surface area (Å²) in [5.74, 6) is -0.928. The Balaban J connectivity index is 4.43. The molecule has 0 aliphatic heterocycles. The molecule has 0 heterocycles. The highest BCUT2D eigenvalue weighted by Crippen LogP contribution is 2.07. The highest BCUT2D eigenvalue weighted by molar-refractivity contribution is 5.67. The lowest BCUT2D eigenvalue weighted by atomic mass is 10.2. The molecule has 0 N–H and O–H groups in total. The molecule has 4 heteroatoms. The summed E-state index contributed by atoms with van der Waals surface area (Å²) in [5, 5.41) is 0. The Labute approximate surface area is 83.2 Å². The van der Waals surface area contributed by atoms with Crippen LogP contribution in [0.3, 0.4) is 0 Å². The standard InChI is InChI=1S/C10H14O4/c1-5-9(13-7(3)11)10(6-2)14-8(4)12/h5-6,9-10H,1-2H2,3-4H3/t9-,10+. The van der Waals surface area contributed by atoms with Gasteiger partial charge in [-0.15, -0.1) is 0 Å². The minimum atomic E-state index is -0.686. The van der Waals surface area contributed by atoms with Gasteiger partial charge in [0.2, 0.25) is 0 Å². The van der Waals surface area contributed by atoms with Crippen LogP contribution in [0.5, 0.6) is 0 Å². The molecule has 0 fully saturated rings. The van der Waals surface area contributed by atoms with Crippen LogP contribution >= 0.6 is 0 Å². The van der Waals surface area contributed by atoms with Crippen molar-refractivity contribution >= 4 is 11.9 Å². The third-order valence-corrected chi connectivity index (χ3v) is 1.39. The van der Waals surface area contributed by atoms with E-state index in [2.05, 4.69) is 13.2 Å². The van der Waals surface area contributed by atoms with E-state index >= 15 is 0 Å². The van der Waals surface area contributed by atoms with Gasteiger partial charge in [-0.3, -0.25) is 9.59 Å². The number of carbonyl (C=O) groups excluding carboxylic acids is 2. The third-order valence-electron chi connectivity index (χ3n) is 1.39. The van der Waals surface area contributed by atoms with Gasteiger partial charge in [0.15, 0.2) is 12.2 Å². The smallest absolute Gasteiger partial charge is 0.303 e. The normalized spacial score (nSPS) is 13.6. The molecule has 0 bridgehead atoms. The molecule has 0 aromatic heterocycles. The maximum absolute atomic E-state index is 10.7. The number of hydrogen-bond donors (Lipinski definition) is 0. The van der Waals surface area contributed by atoms with Crippen LogP contribution in [-0.2, 0) is 19.1 Å². The Morgan fingerprint density at radius 2 is 1.29 bits per heavy atom. The predicted molar refractivity (Wildman–Crippen MR) is 51.5 cm³/mol. The molecular formula is C10H14O4. The highest BCUT2D eigenvalue weighted by atomic mass is 16.6. The molecule has 14 heavy (non-hydrogen) atoms. The molecule has 0 spiro atoms. The Morgan fingerprint density at radius 1 is 1.00 bits per heavy atom. The molecule has 4 nitrogen and oxygen atoms in total. The lowest BCUT2D eigenvalue weighted by Gasteiger charge is -2.20. The Hall–Kier alpha value is -1.58. The van der Waals surface area contributed by atoms with Crippen LogP contribution in [0.25, 0.3) is 0 Å². The number of carbonyl (C=O) groups is 2. The van der Waals surface area contributed by atoms with E-state index in [9.17, 15) is 9.59 Å². The zero-order valence-electron chi connectivity index (χ0n) is 8.36. The van der Waals surface area contributed by atoms with Gasteiger partial charge in [0, 0.05) is 13.8 Å². The van der Waals surface area contributed by atoms with E-state index in [1.807, 2.05) is 0 Å². The summed E-state index contributed by atoms with van der Waals surface area (Å²) < 4.78 is 9.70. The molecule has 0 saturated heterocycles. The third kappa shape index (κ3) is 4.45. The van der Waals surface area contributed by atoms with E-state index in [-0.39, 0.29) is 0 Å². The van der Waals surface area contributed by atoms with Crippen LogP contribution in [0.2, 0.25) is 0 Å². The Kier molecular flexibility index (Phi) is 5.29. The minimum Gasteiger partial charge on any atom is -0.454 e. The fourth-order valence-electron chi connectivity index (χ4n) is 0.882.